The molecular weight excluding hydrogens is 236 g/mol. The molecule has 0 aliphatic carbocycles. The van der Waals surface area contributed by atoms with Crippen LogP contribution >= 0.6 is 11.8 Å². The van der Waals surface area contributed by atoms with Crippen molar-refractivity contribution in [3.63, 3.8) is 0 Å². The van der Waals surface area contributed by atoms with E-state index in [0.717, 1.165) is 25.1 Å². The molecule has 1 amide bonds. The fourth-order valence-corrected chi connectivity index (χ4v) is 3.37. The van der Waals surface area contributed by atoms with Crippen LogP contribution in [0, 0.1) is 0 Å². The summed E-state index contributed by atoms with van der Waals surface area (Å²) in [6.45, 7) is 3.68. The van der Waals surface area contributed by atoms with Gasteiger partial charge in [0.25, 0.3) is 0 Å². The lowest BCUT2D eigenvalue weighted by atomic mass is 10.3. The lowest BCUT2D eigenvalue weighted by Crippen LogP contribution is -2.35. The van der Waals surface area contributed by atoms with E-state index in [0.29, 0.717) is 18.3 Å². The Morgan fingerprint density at radius 3 is 3.18 bits per heavy atom. The average molecular weight is 254 g/mol. The van der Waals surface area contributed by atoms with E-state index in [9.17, 15) is 4.79 Å². The highest BCUT2D eigenvalue weighted by molar-refractivity contribution is 8.00. The van der Waals surface area contributed by atoms with E-state index in [4.69, 9.17) is 0 Å². The topological polar surface area (TPSA) is 51.0 Å². The molecule has 94 valence electrons. The van der Waals surface area contributed by atoms with Crippen LogP contribution in [0.15, 0.2) is 12.7 Å². The minimum atomic E-state index is 0.240. The van der Waals surface area contributed by atoms with Crippen LogP contribution in [-0.2, 0) is 11.3 Å². The third-order valence-electron chi connectivity index (χ3n) is 2.87. The summed E-state index contributed by atoms with van der Waals surface area (Å²) in [5, 5.41) is 4.39. The molecule has 1 atom stereocenters. The molecular formula is C11H18N4OS. The van der Waals surface area contributed by atoms with E-state index in [1.54, 1.807) is 11.0 Å². The standard InChI is InChI=1S/C11H18N4OS/c1-2-3-11-15(6-7-17-11)10(16)4-5-14-9-12-8-13-14/h8-9,11H,2-7H2,1H3/t11-/m1/s1. The van der Waals surface area contributed by atoms with Crippen LogP contribution in [0.3, 0.4) is 0 Å². The average Bonchev–Trinajstić information content (AvgIpc) is 2.97. The number of aryl methyl sites for hydroxylation is 1. The van der Waals surface area contributed by atoms with Gasteiger partial charge < -0.3 is 4.90 Å². The summed E-state index contributed by atoms with van der Waals surface area (Å²) in [4.78, 5) is 18.0. The minimum Gasteiger partial charge on any atom is -0.330 e. The second kappa shape index (κ2) is 6.05. The lowest BCUT2D eigenvalue weighted by molar-refractivity contribution is -0.131. The lowest BCUT2D eigenvalue weighted by Gasteiger charge is -2.23. The molecule has 17 heavy (non-hydrogen) atoms. The van der Waals surface area contributed by atoms with Gasteiger partial charge in [-0.2, -0.15) is 5.10 Å². The Morgan fingerprint density at radius 2 is 2.47 bits per heavy atom. The predicted molar refractivity (Wildman–Crippen MR) is 67.5 cm³/mol. The molecule has 0 N–H and O–H groups in total. The summed E-state index contributed by atoms with van der Waals surface area (Å²) in [7, 11) is 0. The van der Waals surface area contributed by atoms with E-state index in [1.807, 2.05) is 16.7 Å². The van der Waals surface area contributed by atoms with Gasteiger partial charge in [-0.1, -0.05) is 13.3 Å². The molecule has 0 aromatic carbocycles. The third-order valence-corrected chi connectivity index (χ3v) is 4.16. The van der Waals surface area contributed by atoms with Gasteiger partial charge in [-0.05, 0) is 6.42 Å². The van der Waals surface area contributed by atoms with E-state index >= 15 is 0 Å². The zero-order chi connectivity index (χ0) is 12.1. The first-order valence-corrected chi connectivity index (χ1v) is 7.09. The minimum absolute atomic E-state index is 0.240. The molecule has 0 radical (unpaired) electrons. The van der Waals surface area contributed by atoms with Crippen molar-refractivity contribution in [3.8, 4) is 0 Å². The van der Waals surface area contributed by atoms with Gasteiger partial charge in [-0.25, -0.2) is 4.98 Å². The Morgan fingerprint density at radius 1 is 1.59 bits per heavy atom. The van der Waals surface area contributed by atoms with Crippen molar-refractivity contribution in [1.29, 1.82) is 0 Å². The van der Waals surface area contributed by atoms with Crippen molar-refractivity contribution in [3.05, 3.63) is 12.7 Å². The fourth-order valence-electron chi connectivity index (χ4n) is 1.99. The summed E-state index contributed by atoms with van der Waals surface area (Å²) < 4.78 is 1.70. The Labute approximate surface area is 106 Å². The molecule has 6 heteroatoms. The Hall–Kier alpha value is -1.04. The number of thioether (sulfide) groups is 1. The molecule has 1 aromatic heterocycles. The summed E-state index contributed by atoms with van der Waals surface area (Å²) >= 11 is 1.90. The van der Waals surface area contributed by atoms with Crippen LogP contribution in [0.5, 0.6) is 0 Å². The van der Waals surface area contributed by atoms with Crippen LogP contribution in [0.1, 0.15) is 26.2 Å². The monoisotopic (exact) mass is 254 g/mol. The second-order valence-electron chi connectivity index (χ2n) is 4.11. The van der Waals surface area contributed by atoms with Crippen LogP contribution in [0.25, 0.3) is 0 Å². The number of nitrogens with zero attached hydrogens (tertiary/aromatic N) is 4. The number of aromatic nitrogens is 3. The van der Waals surface area contributed by atoms with Gasteiger partial charge in [0.15, 0.2) is 0 Å². The van der Waals surface area contributed by atoms with Crippen molar-refractivity contribution in [2.75, 3.05) is 12.3 Å². The summed E-state index contributed by atoms with van der Waals surface area (Å²) in [6, 6.07) is 0. The van der Waals surface area contributed by atoms with E-state index in [1.165, 1.54) is 6.33 Å². The Bertz CT molecular complexity index is 354. The molecule has 1 aliphatic rings. The van der Waals surface area contributed by atoms with E-state index in [2.05, 4.69) is 17.0 Å². The third kappa shape index (κ3) is 3.21. The fraction of sp³-hybridized carbons (Fsp3) is 0.727. The van der Waals surface area contributed by atoms with Crippen molar-refractivity contribution in [2.45, 2.75) is 38.1 Å². The molecule has 1 aromatic rings. The smallest absolute Gasteiger partial charge is 0.225 e. The van der Waals surface area contributed by atoms with Gasteiger partial charge in [0.2, 0.25) is 5.91 Å². The quantitative estimate of drug-likeness (QED) is 0.796. The zero-order valence-corrected chi connectivity index (χ0v) is 10.9. The van der Waals surface area contributed by atoms with Crippen LogP contribution in [-0.4, -0.2) is 43.2 Å². The molecule has 1 saturated heterocycles. The van der Waals surface area contributed by atoms with Gasteiger partial charge >= 0.3 is 0 Å². The Balaban J connectivity index is 1.82. The number of amides is 1. The normalized spacial score (nSPS) is 19.8. The van der Waals surface area contributed by atoms with Crippen LogP contribution in [0.4, 0.5) is 0 Å². The number of hydrogen-bond donors (Lipinski definition) is 0. The highest BCUT2D eigenvalue weighted by Crippen LogP contribution is 2.27. The number of carbonyl (C=O) groups excluding carboxylic acids is 1. The molecule has 2 heterocycles. The van der Waals surface area contributed by atoms with Crippen molar-refractivity contribution < 1.29 is 4.79 Å². The number of hydrogen-bond acceptors (Lipinski definition) is 4. The molecule has 1 fully saturated rings. The van der Waals surface area contributed by atoms with Crippen molar-refractivity contribution >= 4 is 17.7 Å². The first kappa shape index (κ1) is 12.4. The van der Waals surface area contributed by atoms with Gasteiger partial charge in [0.1, 0.15) is 12.7 Å². The molecule has 5 nitrogen and oxygen atoms in total. The zero-order valence-electron chi connectivity index (χ0n) is 10.1. The molecule has 1 aliphatic heterocycles. The van der Waals surface area contributed by atoms with Gasteiger partial charge in [0, 0.05) is 18.7 Å². The molecule has 2 rings (SSSR count). The summed E-state index contributed by atoms with van der Waals surface area (Å²) in [6.07, 6.45) is 5.89. The van der Waals surface area contributed by atoms with E-state index < -0.39 is 0 Å². The largest absolute Gasteiger partial charge is 0.330 e. The SMILES string of the molecule is CCC[C@H]1SCCN1C(=O)CCn1cncn1. The summed E-state index contributed by atoms with van der Waals surface area (Å²) in [5.74, 6) is 1.31. The highest BCUT2D eigenvalue weighted by Gasteiger charge is 2.27. The maximum Gasteiger partial charge on any atom is 0.225 e. The first-order valence-electron chi connectivity index (χ1n) is 6.04. The van der Waals surface area contributed by atoms with Gasteiger partial charge in [0.05, 0.1) is 11.9 Å². The van der Waals surface area contributed by atoms with Crippen LogP contribution < -0.4 is 0 Å². The van der Waals surface area contributed by atoms with Crippen molar-refractivity contribution in [1.82, 2.24) is 19.7 Å². The van der Waals surface area contributed by atoms with Crippen molar-refractivity contribution in [2.24, 2.45) is 0 Å². The predicted octanol–water partition coefficient (Wildman–Crippen LogP) is 1.37. The number of carbonyl (C=O) groups is 1. The van der Waals surface area contributed by atoms with Crippen LogP contribution in [0.2, 0.25) is 0 Å². The maximum atomic E-state index is 12.1. The molecule has 0 bridgehead atoms. The van der Waals surface area contributed by atoms with Gasteiger partial charge in [-0.3, -0.25) is 9.48 Å². The maximum absolute atomic E-state index is 12.1. The van der Waals surface area contributed by atoms with Gasteiger partial charge in [-0.15, -0.1) is 11.8 Å². The molecule has 0 unspecified atom stereocenters. The molecule has 0 spiro atoms. The highest BCUT2D eigenvalue weighted by atomic mass is 32.2. The second-order valence-corrected chi connectivity index (χ2v) is 5.40. The number of rotatable bonds is 5. The van der Waals surface area contributed by atoms with E-state index in [-0.39, 0.29) is 5.91 Å². The summed E-state index contributed by atoms with van der Waals surface area (Å²) in [5.41, 5.74) is 0. The first-order chi connectivity index (χ1) is 8.31. The molecule has 0 saturated carbocycles. The Kier molecular flexibility index (Phi) is 4.42.